The largest absolute Gasteiger partial charge is 0.357 e. The third-order valence-corrected chi connectivity index (χ3v) is 4.17. The van der Waals surface area contributed by atoms with Gasteiger partial charge in [-0.05, 0) is 43.5 Å². The summed E-state index contributed by atoms with van der Waals surface area (Å²) in [6, 6.07) is 10.9. The second kappa shape index (κ2) is 7.81. The van der Waals surface area contributed by atoms with E-state index in [2.05, 4.69) is 46.9 Å². The molecule has 122 valence electrons. The van der Waals surface area contributed by atoms with Crippen molar-refractivity contribution in [3.05, 3.63) is 48.3 Å². The lowest BCUT2D eigenvalue weighted by molar-refractivity contribution is 0.614. The second-order valence-electron chi connectivity index (χ2n) is 5.94. The summed E-state index contributed by atoms with van der Waals surface area (Å²) < 4.78 is 1.86. The topological polar surface area (TPSA) is 54.2 Å². The molecular formula is C18H25N5. The first kappa shape index (κ1) is 15.6. The number of nitrogens with one attached hydrogen (secondary N) is 2. The maximum atomic E-state index is 4.71. The molecule has 0 spiro atoms. The Kier molecular flexibility index (Phi) is 5.29. The van der Waals surface area contributed by atoms with E-state index in [0.717, 1.165) is 18.2 Å². The van der Waals surface area contributed by atoms with Gasteiger partial charge in [-0.3, -0.25) is 0 Å². The van der Waals surface area contributed by atoms with Gasteiger partial charge in [0.05, 0.1) is 12.2 Å². The molecule has 5 nitrogen and oxygen atoms in total. The SMILES string of the molecule is CCNC(=NCc1ccc(-n2cccn2)cc1)NC1CCCC1. The summed E-state index contributed by atoms with van der Waals surface area (Å²) in [4.78, 5) is 4.71. The zero-order valence-electron chi connectivity index (χ0n) is 13.7. The molecular weight excluding hydrogens is 286 g/mol. The molecule has 1 aromatic heterocycles. The number of rotatable bonds is 5. The highest BCUT2D eigenvalue weighted by atomic mass is 15.3. The van der Waals surface area contributed by atoms with E-state index in [-0.39, 0.29) is 0 Å². The van der Waals surface area contributed by atoms with Crippen molar-refractivity contribution >= 4 is 5.96 Å². The predicted molar refractivity (Wildman–Crippen MR) is 93.8 cm³/mol. The molecule has 0 radical (unpaired) electrons. The van der Waals surface area contributed by atoms with Crippen molar-refractivity contribution in [1.82, 2.24) is 20.4 Å². The van der Waals surface area contributed by atoms with Gasteiger partial charge in [0.1, 0.15) is 0 Å². The minimum absolute atomic E-state index is 0.579. The van der Waals surface area contributed by atoms with Crippen LogP contribution in [-0.2, 0) is 6.54 Å². The van der Waals surface area contributed by atoms with Crippen molar-refractivity contribution in [2.45, 2.75) is 45.2 Å². The molecule has 1 heterocycles. The van der Waals surface area contributed by atoms with Crippen LogP contribution in [0.5, 0.6) is 0 Å². The van der Waals surface area contributed by atoms with Gasteiger partial charge in [0.25, 0.3) is 0 Å². The second-order valence-corrected chi connectivity index (χ2v) is 5.94. The molecule has 5 heteroatoms. The van der Waals surface area contributed by atoms with Crippen molar-refractivity contribution in [2.75, 3.05) is 6.54 Å². The molecule has 23 heavy (non-hydrogen) atoms. The number of aliphatic imine (C=N–C) groups is 1. The Bertz CT molecular complexity index is 609. The summed E-state index contributed by atoms with van der Waals surface area (Å²) in [6.45, 7) is 3.67. The maximum absolute atomic E-state index is 4.71. The van der Waals surface area contributed by atoms with Crippen molar-refractivity contribution < 1.29 is 0 Å². The highest BCUT2D eigenvalue weighted by Gasteiger charge is 2.15. The van der Waals surface area contributed by atoms with Gasteiger partial charge < -0.3 is 10.6 Å². The predicted octanol–water partition coefficient (Wildman–Crippen LogP) is 2.87. The highest BCUT2D eigenvalue weighted by Crippen LogP contribution is 2.17. The molecule has 1 aliphatic rings. The molecule has 1 aromatic carbocycles. The fourth-order valence-corrected chi connectivity index (χ4v) is 2.93. The van der Waals surface area contributed by atoms with Crippen molar-refractivity contribution in [1.29, 1.82) is 0 Å². The van der Waals surface area contributed by atoms with Crippen molar-refractivity contribution in [2.24, 2.45) is 4.99 Å². The smallest absolute Gasteiger partial charge is 0.191 e. The Labute approximate surface area is 137 Å². The quantitative estimate of drug-likeness (QED) is 0.659. The number of hydrogen-bond donors (Lipinski definition) is 2. The van der Waals surface area contributed by atoms with E-state index in [1.54, 1.807) is 6.20 Å². The molecule has 2 N–H and O–H groups in total. The van der Waals surface area contributed by atoms with E-state index in [4.69, 9.17) is 4.99 Å². The van der Waals surface area contributed by atoms with E-state index < -0.39 is 0 Å². The van der Waals surface area contributed by atoms with Gasteiger partial charge in [0.2, 0.25) is 0 Å². The van der Waals surface area contributed by atoms with Gasteiger partial charge >= 0.3 is 0 Å². The Morgan fingerprint density at radius 2 is 2.04 bits per heavy atom. The Hall–Kier alpha value is -2.30. The van der Waals surface area contributed by atoms with E-state index >= 15 is 0 Å². The minimum atomic E-state index is 0.579. The molecule has 0 atom stereocenters. The average molecular weight is 311 g/mol. The molecule has 2 aromatic rings. The van der Waals surface area contributed by atoms with E-state index in [1.807, 2.05) is 16.9 Å². The molecule has 0 aliphatic heterocycles. The number of benzene rings is 1. The fraction of sp³-hybridized carbons (Fsp3) is 0.444. The summed E-state index contributed by atoms with van der Waals surface area (Å²) in [5.74, 6) is 0.926. The zero-order chi connectivity index (χ0) is 15.9. The van der Waals surface area contributed by atoms with Crippen LogP contribution in [0.25, 0.3) is 5.69 Å². The van der Waals surface area contributed by atoms with Crippen molar-refractivity contribution in [3.63, 3.8) is 0 Å². The number of hydrogen-bond acceptors (Lipinski definition) is 2. The third kappa shape index (κ3) is 4.34. The van der Waals surface area contributed by atoms with Crippen LogP contribution in [0.15, 0.2) is 47.7 Å². The Morgan fingerprint density at radius 3 is 2.70 bits per heavy atom. The van der Waals surface area contributed by atoms with Crippen LogP contribution in [0.1, 0.15) is 38.2 Å². The van der Waals surface area contributed by atoms with Crippen LogP contribution in [0, 0.1) is 0 Å². The van der Waals surface area contributed by atoms with E-state index in [1.165, 1.54) is 31.2 Å². The number of nitrogens with zero attached hydrogens (tertiary/aromatic N) is 3. The normalized spacial score (nSPS) is 15.8. The highest BCUT2D eigenvalue weighted by molar-refractivity contribution is 5.80. The van der Waals surface area contributed by atoms with Gasteiger partial charge in [-0.25, -0.2) is 9.67 Å². The van der Waals surface area contributed by atoms with E-state index in [9.17, 15) is 0 Å². The van der Waals surface area contributed by atoms with Gasteiger partial charge in [-0.1, -0.05) is 25.0 Å². The van der Waals surface area contributed by atoms with Crippen LogP contribution in [0.4, 0.5) is 0 Å². The first-order valence-electron chi connectivity index (χ1n) is 8.49. The van der Waals surface area contributed by atoms with Crippen LogP contribution >= 0.6 is 0 Å². The van der Waals surface area contributed by atoms with Gasteiger partial charge in [-0.2, -0.15) is 5.10 Å². The summed E-state index contributed by atoms with van der Waals surface area (Å²) in [5.41, 5.74) is 2.27. The molecule has 3 rings (SSSR count). The average Bonchev–Trinajstić information content (AvgIpc) is 3.27. The standard InChI is InChI=1S/C18H25N5/c1-2-19-18(22-16-6-3-4-7-16)20-14-15-8-10-17(11-9-15)23-13-5-12-21-23/h5,8-13,16H,2-4,6-7,14H2,1H3,(H2,19,20,22). The maximum Gasteiger partial charge on any atom is 0.191 e. The van der Waals surface area contributed by atoms with Crippen LogP contribution < -0.4 is 10.6 Å². The van der Waals surface area contributed by atoms with Crippen LogP contribution in [0.2, 0.25) is 0 Å². The first-order chi connectivity index (χ1) is 11.3. The molecule has 0 saturated heterocycles. The molecule has 0 amide bonds. The van der Waals surface area contributed by atoms with Crippen molar-refractivity contribution in [3.8, 4) is 5.69 Å². The lowest BCUT2D eigenvalue weighted by atomic mass is 10.2. The molecule has 1 aliphatic carbocycles. The molecule has 0 unspecified atom stereocenters. The first-order valence-corrected chi connectivity index (χ1v) is 8.49. The Balaban J connectivity index is 1.61. The fourth-order valence-electron chi connectivity index (χ4n) is 2.93. The lowest BCUT2D eigenvalue weighted by Crippen LogP contribution is -2.42. The number of guanidine groups is 1. The third-order valence-electron chi connectivity index (χ3n) is 4.17. The van der Waals surface area contributed by atoms with Gasteiger partial charge in [0.15, 0.2) is 5.96 Å². The summed E-state index contributed by atoms with van der Waals surface area (Å²) in [7, 11) is 0. The monoisotopic (exact) mass is 311 g/mol. The van der Waals surface area contributed by atoms with Gasteiger partial charge in [-0.15, -0.1) is 0 Å². The molecule has 1 saturated carbocycles. The molecule has 0 bridgehead atoms. The summed E-state index contributed by atoms with van der Waals surface area (Å²) >= 11 is 0. The van der Waals surface area contributed by atoms with Crippen LogP contribution in [0.3, 0.4) is 0 Å². The Morgan fingerprint density at radius 1 is 1.26 bits per heavy atom. The number of aromatic nitrogens is 2. The lowest BCUT2D eigenvalue weighted by Gasteiger charge is -2.16. The summed E-state index contributed by atoms with van der Waals surface area (Å²) in [5, 5.41) is 11.1. The molecule has 1 fully saturated rings. The minimum Gasteiger partial charge on any atom is -0.357 e. The summed E-state index contributed by atoms with van der Waals surface area (Å²) in [6.07, 6.45) is 8.89. The zero-order valence-corrected chi connectivity index (χ0v) is 13.7. The van der Waals surface area contributed by atoms with Crippen LogP contribution in [-0.4, -0.2) is 28.3 Å². The van der Waals surface area contributed by atoms with Gasteiger partial charge in [0, 0.05) is 25.0 Å². The van der Waals surface area contributed by atoms with E-state index in [0.29, 0.717) is 12.6 Å².